The van der Waals surface area contributed by atoms with Gasteiger partial charge in [-0.1, -0.05) is 29.8 Å². The number of nitrogens with one attached hydrogen (secondary N) is 2. The van der Waals surface area contributed by atoms with Crippen LogP contribution in [0.25, 0.3) is 0 Å². The van der Waals surface area contributed by atoms with Gasteiger partial charge in [-0.05, 0) is 56.6 Å². The van der Waals surface area contributed by atoms with Crippen LogP contribution in [0.1, 0.15) is 57.6 Å². The average molecular weight is 413 g/mol. The van der Waals surface area contributed by atoms with Gasteiger partial charge in [0.1, 0.15) is 5.00 Å². The van der Waals surface area contributed by atoms with Crippen LogP contribution in [-0.2, 0) is 28.8 Å². The second-order valence-corrected chi connectivity index (χ2v) is 9.08. The number of rotatable bonds is 6. The van der Waals surface area contributed by atoms with Crippen LogP contribution < -0.4 is 10.6 Å². The number of benzene rings is 1. The molecule has 2 aromatic rings. The fourth-order valence-electron chi connectivity index (χ4n) is 4.06. The molecule has 2 N–H and O–H groups in total. The Morgan fingerprint density at radius 1 is 1.14 bits per heavy atom. The molecule has 2 aliphatic rings. The van der Waals surface area contributed by atoms with E-state index >= 15 is 0 Å². The standard InChI is InChI=1S/C23H28N2O3S/c1-15-8-10-16(11-9-15)13-20(26)25-23-21(18-6-2-3-7-19(18)29-23)22(27)24-14-17-5-4-12-28-17/h8-11,17H,2-7,12-14H2,1H3,(H,24,27)(H,25,26)/t17-/m1/s1. The van der Waals surface area contributed by atoms with E-state index in [4.69, 9.17) is 4.74 Å². The van der Waals surface area contributed by atoms with Gasteiger partial charge < -0.3 is 15.4 Å². The molecular formula is C23H28N2O3S. The van der Waals surface area contributed by atoms with E-state index in [9.17, 15) is 9.59 Å². The molecule has 0 radical (unpaired) electrons. The first-order valence-corrected chi connectivity index (χ1v) is 11.3. The van der Waals surface area contributed by atoms with Crippen molar-refractivity contribution < 1.29 is 14.3 Å². The van der Waals surface area contributed by atoms with Crippen LogP contribution in [0.15, 0.2) is 24.3 Å². The summed E-state index contributed by atoms with van der Waals surface area (Å²) in [5, 5.41) is 6.76. The van der Waals surface area contributed by atoms with Crippen molar-refractivity contribution in [2.75, 3.05) is 18.5 Å². The Kier molecular flexibility index (Phi) is 6.31. The summed E-state index contributed by atoms with van der Waals surface area (Å²) < 4.78 is 5.62. The number of hydrogen-bond donors (Lipinski definition) is 2. The summed E-state index contributed by atoms with van der Waals surface area (Å²) in [6, 6.07) is 7.97. The topological polar surface area (TPSA) is 67.4 Å². The lowest BCUT2D eigenvalue weighted by Gasteiger charge is -2.15. The summed E-state index contributed by atoms with van der Waals surface area (Å²) in [5.74, 6) is -0.175. The van der Waals surface area contributed by atoms with E-state index in [-0.39, 0.29) is 17.9 Å². The zero-order valence-corrected chi connectivity index (χ0v) is 17.7. The molecule has 5 nitrogen and oxygen atoms in total. The first-order valence-electron chi connectivity index (χ1n) is 10.5. The third-order valence-electron chi connectivity index (χ3n) is 5.65. The van der Waals surface area contributed by atoms with Crippen LogP contribution in [0.5, 0.6) is 0 Å². The van der Waals surface area contributed by atoms with Gasteiger partial charge in [-0.15, -0.1) is 11.3 Å². The molecule has 1 aliphatic carbocycles. The molecule has 1 aliphatic heterocycles. The number of ether oxygens (including phenoxy) is 1. The van der Waals surface area contributed by atoms with Crippen LogP contribution in [0.3, 0.4) is 0 Å². The molecule has 1 atom stereocenters. The summed E-state index contributed by atoms with van der Waals surface area (Å²) in [4.78, 5) is 26.9. The summed E-state index contributed by atoms with van der Waals surface area (Å²) in [5.41, 5.74) is 3.93. The first-order chi connectivity index (χ1) is 14.1. The van der Waals surface area contributed by atoms with E-state index < -0.39 is 0 Å². The highest BCUT2D eigenvalue weighted by Crippen LogP contribution is 2.38. The maximum absolute atomic E-state index is 13.0. The molecule has 0 saturated carbocycles. The number of anilines is 1. The normalized spacial score (nSPS) is 18.3. The molecule has 154 valence electrons. The number of carbonyl (C=O) groups is 2. The number of thiophene rings is 1. The summed E-state index contributed by atoms with van der Waals surface area (Å²) >= 11 is 1.57. The first kappa shape index (κ1) is 20.1. The monoisotopic (exact) mass is 412 g/mol. The molecule has 2 heterocycles. The van der Waals surface area contributed by atoms with Gasteiger partial charge in [0.15, 0.2) is 0 Å². The van der Waals surface area contributed by atoms with E-state index in [0.717, 1.165) is 56.3 Å². The van der Waals surface area contributed by atoms with Crippen molar-refractivity contribution in [3.05, 3.63) is 51.4 Å². The summed E-state index contributed by atoms with van der Waals surface area (Å²) in [7, 11) is 0. The molecule has 1 fully saturated rings. The van der Waals surface area contributed by atoms with Gasteiger partial charge in [0.05, 0.1) is 18.1 Å². The van der Waals surface area contributed by atoms with Crippen LogP contribution in [0.2, 0.25) is 0 Å². The summed E-state index contributed by atoms with van der Waals surface area (Å²) in [6.07, 6.45) is 6.57. The molecule has 0 bridgehead atoms. The predicted octanol–water partition coefficient (Wildman–Crippen LogP) is 4.03. The van der Waals surface area contributed by atoms with E-state index in [2.05, 4.69) is 10.6 Å². The molecule has 0 spiro atoms. The van der Waals surface area contributed by atoms with Gasteiger partial charge in [-0.25, -0.2) is 0 Å². The lowest BCUT2D eigenvalue weighted by molar-refractivity contribution is -0.115. The Morgan fingerprint density at radius 3 is 2.69 bits per heavy atom. The molecule has 4 rings (SSSR count). The lowest BCUT2D eigenvalue weighted by Crippen LogP contribution is -2.32. The Balaban J connectivity index is 1.49. The summed E-state index contributed by atoms with van der Waals surface area (Å²) in [6.45, 7) is 3.33. The zero-order valence-electron chi connectivity index (χ0n) is 16.9. The van der Waals surface area contributed by atoms with Crippen molar-refractivity contribution >= 4 is 28.2 Å². The maximum atomic E-state index is 13.0. The Morgan fingerprint density at radius 2 is 1.93 bits per heavy atom. The minimum Gasteiger partial charge on any atom is -0.376 e. The minimum atomic E-state index is -0.0921. The molecule has 1 aromatic heterocycles. The smallest absolute Gasteiger partial charge is 0.254 e. The minimum absolute atomic E-state index is 0.0828. The Bertz CT molecular complexity index is 882. The molecule has 1 saturated heterocycles. The Labute approximate surface area is 175 Å². The zero-order chi connectivity index (χ0) is 20.2. The second kappa shape index (κ2) is 9.09. The fraction of sp³-hybridized carbons (Fsp3) is 0.478. The van der Waals surface area contributed by atoms with E-state index in [1.807, 2.05) is 31.2 Å². The number of hydrogen-bond acceptors (Lipinski definition) is 4. The maximum Gasteiger partial charge on any atom is 0.254 e. The highest BCUT2D eigenvalue weighted by Gasteiger charge is 2.27. The van der Waals surface area contributed by atoms with Gasteiger partial charge >= 0.3 is 0 Å². The Hall–Kier alpha value is -2.18. The highest BCUT2D eigenvalue weighted by molar-refractivity contribution is 7.17. The third-order valence-corrected chi connectivity index (χ3v) is 6.86. The average Bonchev–Trinajstić information content (AvgIpc) is 3.35. The van der Waals surface area contributed by atoms with Crippen LogP contribution >= 0.6 is 11.3 Å². The van der Waals surface area contributed by atoms with Gasteiger partial charge in [0, 0.05) is 18.0 Å². The van der Waals surface area contributed by atoms with Gasteiger partial charge in [-0.3, -0.25) is 9.59 Å². The van der Waals surface area contributed by atoms with E-state index in [1.165, 1.54) is 10.4 Å². The van der Waals surface area contributed by atoms with Crippen LogP contribution in [-0.4, -0.2) is 31.1 Å². The van der Waals surface area contributed by atoms with E-state index in [0.29, 0.717) is 23.5 Å². The third kappa shape index (κ3) is 4.87. The quantitative estimate of drug-likeness (QED) is 0.753. The fourth-order valence-corrected chi connectivity index (χ4v) is 5.36. The molecule has 2 amide bonds. The molecule has 0 unspecified atom stereocenters. The van der Waals surface area contributed by atoms with Crippen molar-refractivity contribution in [3.63, 3.8) is 0 Å². The van der Waals surface area contributed by atoms with Gasteiger partial charge in [0.2, 0.25) is 5.91 Å². The van der Waals surface area contributed by atoms with Crippen LogP contribution in [0.4, 0.5) is 5.00 Å². The SMILES string of the molecule is Cc1ccc(CC(=O)Nc2sc3c(c2C(=O)NC[C@H]2CCCO2)CCCC3)cc1. The highest BCUT2D eigenvalue weighted by atomic mass is 32.1. The number of aryl methyl sites for hydroxylation is 2. The number of fused-ring (bicyclic) bond motifs is 1. The molecule has 29 heavy (non-hydrogen) atoms. The largest absolute Gasteiger partial charge is 0.376 e. The van der Waals surface area contributed by atoms with E-state index in [1.54, 1.807) is 11.3 Å². The predicted molar refractivity (Wildman–Crippen MR) is 116 cm³/mol. The van der Waals surface area contributed by atoms with Gasteiger partial charge in [0.25, 0.3) is 5.91 Å². The van der Waals surface area contributed by atoms with Crippen molar-refractivity contribution in [1.29, 1.82) is 0 Å². The number of amides is 2. The molecular weight excluding hydrogens is 384 g/mol. The molecule has 6 heteroatoms. The molecule has 1 aromatic carbocycles. The number of carbonyl (C=O) groups excluding carboxylic acids is 2. The van der Waals surface area contributed by atoms with Crippen LogP contribution in [0, 0.1) is 6.92 Å². The van der Waals surface area contributed by atoms with Crippen molar-refractivity contribution in [3.8, 4) is 0 Å². The van der Waals surface area contributed by atoms with Crippen molar-refractivity contribution in [2.24, 2.45) is 0 Å². The van der Waals surface area contributed by atoms with Crippen molar-refractivity contribution in [2.45, 2.75) is 58.0 Å². The van der Waals surface area contributed by atoms with Gasteiger partial charge in [-0.2, -0.15) is 0 Å². The second-order valence-electron chi connectivity index (χ2n) is 7.97. The van der Waals surface area contributed by atoms with Crippen molar-refractivity contribution in [1.82, 2.24) is 5.32 Å². The lowest BCUT2D eigenvalue weighted by atomic mass is 9.95.